The molecular weight excluding hydrogens is 342 g/mol. The van der Waals surface area contributed by atoms with Crippen LogP contribution in [0.5, 0.6) is 0 Å². The van der Waals surface area contributed by atoms with Gasteiger partial charge in [0.1, 0.15) is 11.5 Å². The van der Waals surface area contributed by atoms with Crippen LogP contribution in [0.15, 0.2) is 17.5 Å². The highest BCUT2D eigenvalue weighted by atomic mass is 32.1. The molecule has 3 rings (SSSR count). The van der Waals surface area contributed by atoms with Crippen molar-refractivity contribution in [3.63, 3.8) is 0 Å². The van der Waals surface area contributed by atoms with Crippen molar-refractivity contribution >= 4 is 39.5 Å². The lowest BCUT2D eigenvalue weighted by Gasteiger charge is -2.16. The highest BCUT2D eigenvalue weighted by Crippen LogP contribution is 2.38. The molecule has 5 nitrogen and oxygen atoms in total. The van der Waals surface area contributed by atoms with Crippen LogP contribution in [0.3, 0.4) is 0 Å². The van der Waals surface area contributed by atoms with Crippen molar-refractivity contribution < 1.29 is 14.5 Å². The Hall–Kier alpha value is -1.70. The first kappa shape index (κ1) is 17.1. The van der Waals surface area contributed by atoms with E-state index in [1.165, 1.54) is 26.0 Å². The highest BCUT2D eigenvalue weighted by molar-refractivity contribution is 7.17. The van der Waals surface area contributed by atoms with Gasteiger partial charge >= 0.3 is 0 Å². The van der Waals surface area contributed by atoms with Crippen molar-refractivity contribution in [3.8, 4) is 0 Å². The number of nitrogens with one attached hydrogen (secondary N) is 2. The van der Waals surface area contributed by atoms with Crippen LogP contribution in [0.1, 0.15) is 39.0 Å². The smallest absolute Gasteiger partial charge is 0.280 e. The van der Waals surface area contributed by atoms with Crippen molar-refractivity contribution in [2.24, 2.45) is 5.73 Å². The predicted molar refractivity (Wildman–Crippen MR) is 97.9 cm³/mol. The van der Waals surface area contributed by atoms with Crippen LogP contribution in [-0.2, 0) is 24.2 Å². The van der Waals surface area contributed by atoms with E-state index in [2.05, 4.69) is 23.7 Å². The lowest BCUT2D eigenvalue weighted by atomic mass is 10.1. The summed E-state index contributed by atoms with van der Waals surface area (Å²) in [6.45, 7) is 4.17. The van der Waals surface area contributed by atoms with Crippen molar-refractivity contribution in [1.29, 1.82) is 0 Å². The van der Waals surface area contributed by atoms with E-state index >= 15 is 0 Å². The third-order valence-corrected chi connectivity index (χ3v) is 6.42. The molecule has 0 bridgehead atoms. The zero-order chi connectivity index (χ0) is 17.1. The molecule has 1 unspecified atom stereocenters. The molecule has 1 aliphatic rings. The van der Waals surface area contributed by atoms with Gasteiger partial charge in [0.2, 0.25) is 0 Å². The lowest BCUT2D eigenvalue weighted by Crippen LogP contribution is -3.11. The first-order valence-corrected chi connectivity index (χ1v) is 9.88. The maximum atomic E-state index is 12.4. The average Bonchev–Trinajstić information content (AvgIpc) is 3.22. The van der Waals surface area contributed by atoms with Gasteiger partial charge in [-0.1, -0.05) is 6.07 Å². The molecule has 1 atom stereocenters. The molecule has 0 saturated heterocycles. The Labute approximate surface area is 149 Å². The van der Waals surface area contributed by atoms with Crippen LogP contribution in [0.25, 0.3) is 0 Å². The molecule has 4 N–H and O–H groups in total. The Bertz CT molecular complexity index is 737. The molecule has 0 aromatic carbocycles. The van der Waals surface area contributed by atoms with Crippen molar-refractivity contribution in [2.45, 2.75) is 32.7 Å². The maximum Gasteiger partial charge on any atom is 0.280 e. The molecule has 0 saturated carbocycles. The number of quaternary nitrogens is 1. The van der Waals surface area contributed by atoms with E-state index in [1.807, 2.05) is 6.07 Å². The van der Waals surface area contributed by atoms with Crippen LogP contribution in [-0.4, -0.2) is 24.9 Å². The first-order valence-electron chi connectivity index (χ1n) is 8.18. The standard InChI is InChI=1S/C17H21N3O2S2/c1-2-20(9-11-5-4-8-23-11)10-14(21)19-17-15(16(18)22)12-6-3-7-13(12)24-17/h4-5,8H,2-3,6-7,9-10H2,1H3,(H2,18,22)(H,19,21)/p+1. The van der Waals surface area contributed by atoms with E-state index in [4.69, 9.17) is 5.73 Å². The van der Waals surface area contributed by atoms with Gasteiger partial charge in [-0.2, -0.15) is 0 Å². The fourth-order valence-electron chi connectivity index (χ4n) is 3.12. The number of aryl methyl sites for hydroxylation is 1. The molecule has 0 radical (unpaired) electrons. The number of primary amides is 1. The highest BCUT2D eigenvalue weighted by Gasteiger charge is 2.26. The molecule has 128 valence electrons. The average molecular weight is 365 g/mol. The summed E-state index contributed by atoms with van der Waals surface area (Å²) < 4.78 is 0. The monoisotopic (exact) mass is 364 g/mol. The summed E-state index contributed by atoms with van der Waals surface area (Å²) >= 11 is 3.21. The first-order chi connectivity index (χ1) is 11.6. The summed E-state index contributed by atoms with van der Waals surface area (Å²) in [7, 11) is 0. The molecule has 7 heteroatoms. The van der Waals surface area contributed by atoms with Crippen LogP contribution < -0.4 is 16.0 Å². The third-order valence-electron chi connectivity index (χ3n) is 4.34. The van der Waals surface area contributed by atoms with Gasteiger partial charge in [-0.3, -0.25) is 9.59 Å². The van der Waals surface area contributed by atoms with E-state index in [0.29, 0.717) is 17.1 Å². The number of likely N-dealkylation sites (N-methyl/N-ethyl adjacent to an activating group) is 1. The zero-order valence-corrected chi connectivity index (χ0v) is 15.3. The van der Waals surface area contributed by atoms with E-state index in [-0.39, 0.29) is 5.91 Å². The Morgan fingerprint density at radius 1 is 1.38 bits per heavy atom. The van der Waals surface area contributed by atoms with Gasteiger partial charge in [0, 0.05) is 4.88 Å². The van der Waals surface area contributed by atoms with E-state index < -0.39 is 5.91 Å². The Balaban J connectivity index is 1.67. The molecule has 2 aromatic heterocycles. The van der Waals surface area contributed by atoms with E-state index in [0.717, 1.165) is 37.9 Å². The van der Waals surface area contributed by atoms with Gasteiger partial charge in [0.25, 0.3) is 11.8 Å². The molecule has 1 aliphatic carbocycles. The normalized spacial score (nSPS) is 14.4. The second kappa shape index (κ2) is 7.46. The number of rotatable bonds is 7. The Kier molecular flexibility index (Phi) is 5.33. The van der Waals surface area contributed by atoms with Gasteiger partial charge in [-0.15, -0.1) is 22.7 Å². The van der Waals surface area contributed by atoms with Crippen molar-refractivity contribution in [2.75, 3.05) is 18.4 Å². The summed E-state index contributed by atoms with van der Waals surface area (Å²) in [6.07, 6.45) is 2.91. The minimum atomic E-state index is -0.442. The third kappa shape index (κ3) is 3.68. The van der Waals surface area contributed by atoms with Gasteiger partial charge in [-0.05, 0) is 43.2 Å². The Morgan fingerprint density at radius 2 is 2.21 bits per heavy atom. The summed E-state index contributed by atoms with van der Waals surface area (Å²) in [5.41, 5.74) is 7.11. The summed E-state index contributed by atoms with van der Waals surface area (Å²) in [5, 5.41) is 5.61. The minimum absolute atomic E-state index is 0.0640. The van der Waals surface area contributed by atoms with Crippen LogP contribution in [0, 0.1) is 0 Å². The summed E-state index contributed by atoms with van der Waals surface area (Å²) in [5.74, 6) is -0.506. The Morgan fingerprint density at radius 3 is 2.88 bits per heavy atom. The number of amides is 2. The number of nitrogens with two attached hydrogens (primary N) is 1. The SMILES string of the molecule is CC[NH+](CC(=O)Nc1sc2c(c1C(N)=O)CCC2)Cc1cccs1. The number of anilines is 1. The fourth-order valence-corrected chi connectivity index (χ4v) is 5.21. The fraction of sp³-hybridized carbons (Fsp3) is 0.412. The molecule has 0 aliphatic heterocycles. The predicted octanol–water partition coefficient (Wildman–Crippen LogP) is 1.44. The van der Waals surface area contributed by atoms with Gasteiger partial charge in [0.15, 0.2) is 6.54 Å². The number of carbonyl (C=O) groups is 2. The minimum Gasteiger partial charge on any atom is -0.365 e. The number of fused-ring (bicyclic) bond motifs is 1. The topological polar surface area (TPSA) is 76.6 Å². The van der Waals surface area contributed by atoms with Gasteiger partial charge in [0.05, 0.1) is 17.0 Å². The van der Waals surface area contributed by atoms with E-state index in [1.54, 1.807) is 11.3 Å². The summed E-state index contributed by atoms with van der Waals surface area (Å²) in [6, 6.07) is 4.12. The quantitative estimate of drug-likeness (QED) is 0.695. The number of hydrogen-bond donors (Lipinski definition) is 3. The number of carbonyl (C=O) groups excluding carboxylic acids is 2. The van der Waals surface area contributed by atoms with E-state index in [9.17, 15) is 9.59 Å². The zero-order valence-electron chi connectivity index (χ0n) is 13.7. The maximum absolute atomic E-state index is 12.4. The molecule has 0 spiro atoms. The molecule has 2 aromatic rings. The van der Waals surface area contributed by atoms with Gasteiger partial charge in [-0.25, -0.2) is 0 Å². The molecule has 0 fully saturated rings. The molecular formula is C17H22N3O2S2+. The molecule has 2 heterocycles. The molecule has 24 heavy (non-hydrogen) atoms. The largest absolute Gasteiger partial charge is 0.365 e. The second-order valence-corrected chi connectivity index (χ2v) is 8.15. The lowest BCUT2D eigenvalue weighted by molar-refractivity contribution is -0.903. The van der Waals surface area contributed by atoms with Crippen LogP contribution in [0.2, 0.25) is 0 Å². The van der Waals surface area contributed by atoms with Crippen molar-refractivity contribution in [3.05, 3.63) is 38.4 Å². The van der Waals surface area contributed by atoms with Crippen LogP contribution in [0.4, 0.5) is 5.00 Å². The van der Waals surface area contributed by atoms with Crippen molar-refractivity contribution in [1.82, 2.24) is 0 Å². The summed E-state index contributed by atoms with van der Waals surface area (Å²) in [4.78, 5) is 27.9. The number of hydrogen-bond acceptors (Lipinski definition) is 4. The van der Waals surface area contributed by atoms with Crippen LogP contribution >= 0.6 is 22.7 Å². The number of thiophene rings is 2. The van der Waals surface area contributed by atoms with Gasteiger partial charge < -0.3 is 16.0 Å². The second-order valence-electron chi connectivity index (χ2n) is 6.01. The molecule has 2 amide bonds.